The van der Waals surface area contributed by atoms with Crippen molar-refractivity contribution in [3.63, 3.8) is 0 Å². The van der Waals surface area contributed by atoms with Gasteiger partial charge in [0.1, 0.15) is 30.2 Å². The van der Waals surface area contributed by atoms with E-state index >= 15 is 0 Å². The molecule has 0 fully saturated rings. The molecule has 328 valence electrons. The first-order valence-corrected chi connectivity index (χ1v) is 18.2. The molecule has 9 amide bonds. The van der Waals surface area contributed by atoms with Crippen molar-refractivity contribution in [1.82, 2.24) is 47.5 Å². The molecular weight excluding hydrogens is 798 g/mol. The molecule has 1 heterocycles. The largest absolute Gasteiger partial charge is 0.481 e. The second kappa shape index (κ2) is 23.9. The molecule has 25 heteroatoms. The number of amides is 9. The van der Waals surface area contributed by atoms with Gasteiger partial charge in [-0.2, -0.15) is 0 Å². The lowest BCUT2D eigenvalue weighted by atomic mass is 10.0. The number of nitrogens with one attached hydrogen (secondary N) is 9. The van der Waals surface area contributed by atoms with Gasteiger partial charge in [-0.3, -0.25) is 47.9 Å². The van der Waals surface area contributed by atoms with Gasteiger partial charge in [-0.1, -0.05) is 18.2 Å². The fourth-order valence-corrected chi connectivity index (χ4v) is 5.17. The normalized spacial score (nSPS) is 13.7. The van der Waals surface area contributed by atoms with E-state index in [4.69, 9.17) is 21.7 Å². The number of hydrogen-bond donors (Lipinski definition) is 14. The van der Waals surface area contributed by atoms with E-state index in [-0.39, 0.29) is 6.42 Å². The second-order valence-electron chi connectivity index (χ2n) is 13.3. The van der Waals surface area contributed by atoms with E-state index in [1.165, 1.54) is 6.92 Å². The maximum Gasteiger partial charge on any atom is 0.326 e. The topological polar surface area (TPSA) is 413 Å². The van der Waals surface area contributed by atoms with Crippen molar-refractivity contribution >= 4 is 76.0 Å². The number of aliphatic carboxylic acids is 2. The summed E-state index contributed by atoms with van der Waals surface area (Å²) >= 11 is 0. The summed E-state index contributed by atoms with van der Waals surface area (Å²) in [5.41, 5.74) is 12.9. The van der Waals surface area contributed by atoms with Crippen molar-refractivity contribution in [3.8, 4) is 0 Å². The van der Waals surface area contributed by atoms with Crippen molar-refractivity contribution in [1.29, 1.82) is 0 Å². The van der Waals surface area contributed by atoms with Crippen LogP contribution in [-0.2, 0) is 59.2 Å². The third-order valence-electron chi connectivity index (χ3n) is 8.40. The highest BCUT2D eigenvalue weighted by Crippen LogP contribution is 2.18. The maximum atomic E-state index is 12.9. The van der Waals surface area contributed by atoms with Crippen molar-refractivity contribution in [2.75, 3.05) is 26.2 Å². The first-order chi connectivity index (χ1) is 28.2. The molecule has 25 nitrogen and oxygen atoms in total. The van der Waals surface area contributed by atoms with E-state index < -0.39 is 147 Å². The van der Waals surface area contributed by atoms with Crippen molar-refractivity contribution in [2.24, 2.45) is 11.5 Å². The number of fused-ring (bicyclic) bond motifs is 1. The number of H-pyrrole nitrogens is 1. The fourth-order valence-electron chi connectivity index (χ4n) is 5.17. The minimum atomic E-state index is -1.68. The van der Waals surface area contributed by atoms with E-state index in [2.05, 4.69) is 42.2 Å². The zero-order chi connectivity index (χ0) is 45.1. The van der Waals surface area contributed by atoms with Crippen LogP contribution in [0.3, 0.4) is 0 Å². The number of carbonyl (C=O) groups is 11. The minimum Gasteiger partial charge on any atom is -0.481 e. The Morgan fingerprint density at radius 2 is 1.23 bits per heavy atom. The molecule has 16 N–H and O–H groups in total. The fraction of sp³-hybridized carbons (Fsp3) is 0.457. The summed E-state index contributed by atoms with van der Waals surface area (Å²) in [6.07, 6.45) is 0.153. The number of carboxylic acids is 2. The SMILES string of the molecule is C[C@H](NC(=O)[C@H](CC(N)=O)NC(=O)CNC(=O)CNC(=O)[C@H](C)NC(=O)[C@@H](N)Cc1c[nH]c2ccccc12)C(=O)N[C@@H](CO)C(=O)NCC(=O)N[C@@H](CCC(=O)O)C(=O)O. The molecule has 0 bridgehead atoms. The van der Waals surface area contributed by atoms with E-state index in [9.17, 15) is 57.8 Å². The number of primary amides is 1. The van der Waals surface area contributed by atoms with Crippen LogP contribution in [0, 0.1) is 0 Å². The molecule has 60 heavy (non-hydrogen) atoms. The van der Waals surface area contributed by atoms with Gasteiger partial charge in [0.05, 0.1) is 38.7 Å². The summed E-state index contributed by atoms with van der Waals surface area (Å²) in [4.78, 5) is 137. The van der Waals surface area contributed by atoms with Crippen LogP contribution < -0.4 is 54.0 Å². The number of aromatic nitrogens is 1. The molecule has 0 aliphatic rings. The quantitative estimate of drug-likeness (QED) is 0.0442. The lowest BCUT2D eigenvalue weighted by Gasteiger charge is -2.22. The Labute approximate surface area is 340 Å². The number of carbonyl (C=O) groups excluding carboxylic acids is 9. The van der Waals surface area contributed by atoms with Crippen LogP contribution >= 0.6 is 0 Å². The summed E-state index contributed by atoms with van der Waals surface area (Å²) in [7, 11) is 0. The Bertz CT molecular complexity index is 1940. The zero-order valence-corrected chi connectivity index (χ0v) is 32.5. The Morgan fingerprint density at radius 1 is 0.667 bits per heavy atom. The molecule has 0 unspecified atom stereocenters. The van der Waals surface area contributed by atoms with Gasteiger partial charge in [-0.25, -0.2) is 4.79 Å². The van der Waals surface area contributed by atoms with E-state index in [1.807, 2.05) is 29.6 Å². The zero-order valence-electron chi connectivity index (χ0n) is 32.5. The lowest BCUT2D eigenvalue weighted by molar-refractivity contribution is -0.143. The lowest BCUT2D eigenvalue weighted by Crippen LogP contribution is -2.58. The first kappa shape index (κ1) is 49.0. The number of benzene rings is 1. The van der Waals surface area contributed by atoms with Gasteiger partial charge in [0, 0.05) is 23.5 Å². The van der Waals surface area contributed by atoms with Gasteiger partial charge in [0.15, 0.2) is 0 Å². The Kier molecular flexibility index (Phi) is 19.5. The predicted molar refractivity (Wildman–Crippen MR) is 205 cm³/mol. The van der Waals surface area contributed by atoms with Crippen LogP contribution in [0.4, 0.5) is 0 Å². The molecule has 0 aliphatic carbocycles. The molecule has 0 saturated carbocycles. The minimum absolute atomic E-state index is 0.184. The van der Waals surface area contributed by atoms with Gasteiger partial charge in [-0.05, 0) is 38.3 Å². The van der Waals surface area contributed by atoms with Crippen molar-refractivity contribution < 1.29 is 68.1 Å². The highest BCUT2D eigenvalue weighted by molar-refractivity contribution is 5.97. The third-order valence-corrected chi connectivity index (χ3v) is 8.40. The predicted octanol–water partition coefficient (Wildman–Crippen LogP) is -6.33. The molecule has 0 aliphatic heterocycles. The number of hydrogen-bond acceptors (Lipinski definition) is 13. The summed E-state index contributed by atoms with van der Waals surface area (Å²) < 4.78 is 0. The van der Waals surface area contributed by atoms with Crippen LogP contribution in [-0.4, -0.2) is 148 Å². The van der Waals surface area contributed by atoms with Gasteiger partial charge in [-0.15, -0.1) is 0 Å². The Morgan fingerprint density at radius 3 is 1.85 bits per heavy atom. The summed E-state index contributed by atoms with van der Waals surface area (Å²) in [5, 5.41) is 45.9. The number of rotatable bonds is 25. The molecule has 2 rings (SSSR count). The molecule has 2 aromatic rings. The van der Waals surface area contributed by atoms with Crippen LogP contribution in [0.2, 0.25) is 0 Å². The molecule has 1 aromatic carbocycles. The number of aliphatic hydroxyl groups excluding tert-OH is 1. The molecule has 0 saturated heterocycles. The molecule has 1 aromatic heterocycles. The van der Waals surface area contributed by atoms with E-state index in [1.54, 1.807) is 6.20 Å². The van der Waals surface area contributed by atoms with E-state index in [0.29, 0.717) is 0 Å². The number of para-hydroxylation sites is 1. The Balaban J connectivity index is 1.80. The van der Waals surface area contributed by atoms with Crippen LogP contribution in [0.1, 0.15) is 38.7 Å². The smallest absolute Gasteiger partial charge is 0.326 e. The molecular formula is C35H49N11O14. The monoisotopic (exact) mass is 847 g/mol. The van der Waals surface area contributed by atoms with Gasteiger partial charge in [0.2, 0.25) is 53.2 Å². The van der Waals surface area contributed by atoms with Gasteiger partial charge in [0.25, 0.3) is 0 Å². The standard InChI is InChI=1S/C35H49N11O14/c1-16(42-32(56)20(36)9-18-11-38-21-6-4-3-5-19(18)21)30(54)40-12-26(49)39-13-27(50)45-23(10-25(37)48)34(58)43-17(2)31(55)46-24(15-47)33(57)41-14-28(51)44-22(35(59)60)7-8-29(52)53/h3-6,11,16-17,20,22-24,38,47H,7-10,12-15,36H2,1-2H3,(H2,37,48)(H,39,49)(H,40,54)(H,41,57)(H,42,56)(H,43,58)(H,44,51)(H,45,50)(H,46,55)(H,52,53)(H,59,60)/t16-,17-,20-,22-,23-,24-/m0/s1. The highest BCUT2D eigenvalue weighted by atomic mass is 16.4. The Hall–Kier alpha value is -7.15. The highest BCUT2D eigenvalue weighted by Gasteiger charge is 2.29. The summed E-state index contributed by atoms with van der Waals surface area (Å²) in [5.74, 6) is -11.3. The van der Waals surface area contributed by atoms with Gasteiger partial charge >= 0.3 is 11.9 Å². The molecule has 6 atom stereocenters. The molecule has 0 spiro atoms. The number of aromatic amines is 1. The van der Waals surface area contributed by atoms with Crippen LogP contribution in [0.15, 0.2) is 30.5 Å². The number of nitrogens with two attached hydrogens (primary N) is 2. The van der Waals surface area contributed by atoms with Gasteiger partial charge < -0.3 is 74.3 Å². The first-order valence-electron chi connectivity index (χ1n) is 18.2. The third kappa shape index (κ3) is 16.8. The van der Waals surface area contributed by atoms with Crippen molar-refractivity contribution in [3.05, 3.63) is 36.0 Å². The summed E-state index contributed by atoms with van der Waals surface area (Å²) in [6.45, 7) is -0.671. The maximum absolute atomic E-state index is 12.9. The van der Waals surface area contributed by atoms with E-state index in [0.717, 1.165) is 23.4 Å². The average Bonchev–Trinajstić information content (AvgIpc) is 3.60. The van der Waals surface area contributed by atoms with Crippen LogP contribution in [0.25, 0.3) is 10.9 Å². The number of carboxylic acid groups (broad SMARTS) is 2. The molecule has 0 radical (unpaired) electrons. The second-order valence-corrected chi connectivity index (χ2v) is 13.3. The van der Waals surface area contributed by atoms with Crippen LogP contribution in [0.5, 0.6) is 0 Å². The average molecular weight is 848 g/mol. The number of aliphatic hydroxyl groups is 1. The van der Waals surface area contributed by atoms with Crippen molar-refractivity contribution in [2.45, 2.75) is 75.8 Å². The summed E-state index contributed by atoms with van der Waals surface area (Å²) in [6, 6.07) is -1.02.